The van der Waals surface area contributed by atoms with Crippen molar-refractivity contribution in [2.45, 2.75) is 6.42 Å². The Bertz CT molecular complexity index is 381. The average Bonchev–Trinajstić information content (AvgIpc) is 2.33. The minimum absolute atomic E-state index is 0.00813. The molecule has 1 amide bonds. The number of carbonyl (C=O) groups is 1. The predicted octanol–water partition coefficient (Wildman–Crippen LogP) is 1.72. The van der Waals surface area contributed by atoms with Gasteiger partial charge in [-0.2, -0.15) is 0 Å². The van der Waals surface area contributed by atoms with Crippen molar-refractivity contribution in [1.29, 1.82) is 0 Å². The van der Waals surface area contributed by atoms with Gasteiger partial charge in [-0.3, -0.25) is 4.79 Å². The summed E-state index contributed by atoms with van der Waals surface area (Å²) in [5, 5.41) is 11.1. The summed E-state index contributed by atoms with van der Waals surface area (Å²) in [5.41, 5.74) is 0.00813. The summed E-state index contributed by atoms with van der Waals surface area (Å²) in [6.07, 6.45) is 0.609. The number of halogens is 2. The summed E-state index contributed by atoms with van der Waals surface area (Å²) in [6, 6.07) is 4.38. The van der Waals surface area contributed by atoms with Crippen LogP contribution in [0.25, 0.3) is 0 Å². The van der Waals surface area contributed by atoms with E-state index in [9.17, 15) is 9.18 Å². The van der Waals surface area contributed by atoms with E-state index in [1.54, 1.807) is 6.07 Å². The Balaban J connectivity index is 2.37. The molecule has 1 aromatic carbocycles. The molecule has 0 spiro atoms. The summed E-state index contributed by atoms with van der Waals surface area (Å²) in [7, 11) is 0. The lowest BCUT2D eigenvalue weighted by Crippen LogP contribution is -2.26. The first-order valence-electron chi connectivity index (χ1n) is 5.57. The zero-order valence-electron chi connectivity index (χ0n) is 9.79. The molecular formula is C12H15BrFNO3. The normalized spacial score (nSPS) is 10.4. The number of ether oxygens (including phenoxy) is 1. The summed E-state index contributed by atoms with van der Waals surface area (Å²) >= 11 is 3.14. The molecule has 0 unspecified atom stereocenters. The Morgan fingerprint density at radius 3 is 2.89 bits per heavy atom. The lowest BCUT2D eigenvalue weighted by molar-refractivity contribution is 0.0866. The molecule has 2 N–H and O–H groups in total. The van der Waals surface area contributed by atoms with Crippen molar-refractivity contribution in [3.05, 3.63) is 34.1 Å². The van der Waals surface area contributed by atoms with Crippen LogP contribution in [0.5, 0.6) is 0 Å². The quantitative estimate of drug-likeness (QED) is 0.752. The number of aliphatic hydroxyl groups excluding tert-OH is 1. The van der Waals surface area contributed by atoms with Crippen molar-refractivity contribution in [2.24, 2.45) is 0 Å². The number of aliphatic hydroxyl groups is 1. The van der Waals surface area contributed by atoms with Crippen molar-refractivity contribution >= 4 is 21.8 Å². The summed E-state index contributed by atoms with van der Waals surface area (Å²) in [5.74, 6) is -1.01. The van der Waals surface area contributed by atoms with E-state index in [4.69, 9.17) is 9.84 Å². The molecule has 0 aliphatic rings. The Morgan fingerprint density at radius 2 is 2.22 bits per heavy atom. The van der Waals surface area contributed by atoms with Gasteiger partial charge in [0.1, 0.15) is 5.82 Å². The minimum Gasteiger partial charge on any atom is -0.394 e. The number of rotatable bonds is 7. The average molecular weight is 320 g/mol. The second kappa shape index (κ2) is 8.18. The van der Waals surface area contributed by atoms with Crippen LogP contribution < -0.4 is 5.32 Å². The Morgan fingerprint density at radius 1 is 1.44 bits per heavy atom. The second-order valence-corrected chi connectivity index (χ2v) is 4.40. The van der Waals surface area contributed by atoms with Gasteiger partial charge in [0.05, 0.1) is 18.8 Å². The molecule has 0 atom stereocenters. The van der Waals surface area contributed by atoms with E-state index in [2.05, 4.69) is 21.2 Å². The van der Waals surface area contributed by atoms with E-state index in [0.29, 0.717) is 24.0 Å². The van der Waals surface area contributed by atoms with Gasteiger partial charge in [-0.1, -0.05) is 6.07 Å². The first-order valence-corrected chi connectivity index (χ1v) is 6.37. The molecule has 18 heavy (non-hydrogen) atoms. The third-order valence-corrected chi connectivity index (χ3v) is 2.84. The Kier molecular flexibility index (Phi) is 6.85. The maximum Gasteiger partial charge on any atom is 0.255 e. The van der Waals surface area contributed by atoms with Crippen LogP contribution in [0.2, 0.25) is 0 Å². The fourth-order valence-electron chi connectivity index (χ4n) is 1.35. The van der Waals surface area contributed by atoms with E-state index in [1.807, 2.05) is 0 Å². The van der Waals surface area contributed by atoms with Gasteiger partial charge in [-0.05, 0) is 34.5 Å². The van der Waals surface area contributed by atoms with Crippen molar-refractivity contribution in [3.8, 4) is 0 Å². The van der Waals surface area contributed by atoms with Crippen LogP contribution in [0.4, 0.5) is 4.39 Å². The molecule has 0 saturated carbocycles. The van der Waals surface area contributed by atoms with Crippen LogP contribution in [0.1, 0.15) is 16.8 Å². The van der Waals surface area contributed by atoms with Crippen LogP contribution >= 0.6 is 15.9 Å². The van der Waals surface area contributed by atoms with Gasteiger partial charge in [0, 0.05) is 17.6 Å². The molecule has 0 aliphatic carbocycles. The highest BCUT2D eigenvalue weighted by atomic mass is 79.9. The van der Waals surface area contributed by atoms with Gasteiger partial charge in [0.2, 0.25) is 0 Å². The topological polar surface area (TPSA) is 58.6 Å². The highest BCUT2D eigenvalue weighted by Crippen LogP contribution is 2.19. The van der Waals surface area contributed by atoms with Crippen molar-refractivity contribution < 1.29 is 19.0 Å². The highest BCUT2D eigenvalue weighted by molar-refractivity contribution is 9.10. The predicted molar refractivity (Wildman–Crippen MR) is 69.0 cm³/mol. The van der Waals surface area contributed by atoms with Crippen LogP contribution in [-0.2, 0) is 4.74 Å². The number of carbonyl (C=O) groups excluding carboxylic acids is 1. The molecule has 6 heteroatoms. The monoisotopic (exact) mass is 319 g/mol. The maximum atomic E-state index is 13.4. The van der Waals surface area contributed by atoms with Gasteiger partial charge in [0.25, 0.3) is 5.91 Å². The molecule has 0 bridgehead atoms. The van der Waals surface area contributed by atoms with E-state index in [0.717, 1.165) is 0 Å². The number of nitrogens with one attached hydrogen (secondary N) is 1. The first kappa shape index (κ1) is 15.1. The van der Waals surface area contributed by atoms with E-state index < -0.39 is 11.7 Å². The second-order valence-electron chi connectivity index (χ2n) is 3.54. The molecule has 0 aromatic heterocycles. The number of amides is 1. The summed E-state index contributed by atoms with van der Waals surface area (Å²) in [4.78, 5) is 11.7. The van der Waals surface area contributed by atoms with Crippen molar-refractivity contribution in [2.75, 3.05) is 26.4 Å². The lowest BCUT2D eigenvalue weighted by Gasteiger charge is -2.08. The SMILES string of the molecule is O=C(NCCCOCCO)c1c(F)cccc1Br. The molecule has 0 radical (unpaired) electrons. The van der Waals surface area contributed by atoms with E-state index >= 15 is 0 Å². The maximum absolute atomic E-state index is 13.4. The van der Waals surface area contributed by atoms with Gasteiger partial charge >= 0.3 is 0 Å². The molecular weight excluding hydrogens is 305 g/mol. The largest absolute Gasteiger partial charge is 0.394 e. The van der Waals surface area contributed by atoms with Gasteiger partial charge in [0.15, 0.2) is 0 Å². The van der Waals surface area contributed by atoms with E-state index in [1.165, 1.54) is 12.1 Å². The van der Waals surface area contributed by atoms with Crippen molar-refractivity contribution in [1.82, 2.24) is 5.32 Å². The van der Waals surface area contributed by atoms with Crippen LogP contribution in [0.3, 0.4) is 0 Å². The summed E-state index contributed by atoms with van der Waals surface area (Å²) in [6.45, 7) is 1.10. The fraction of sp³-hybridized carbons (Fsp3) is 0.417. The van der Waals surface area contributed by atoms with Crippen LogP contribution in [0, 0.1) is 5.82 Å². The first-order chi connectivity index (χ1) is 8.66. The van der Waals surface area contributed by atoms with Gasteiger partial charge < -0.3 is 15.2 Å². The molecule has 0 heterocycles. The third kappa shape index (κ3) is 4.72. The molecule has 0 aliphatic heterocycles. The Labute approximate surface area is 113 Å². The number of benzene rings is 1. The summed E-state index contributed by atoms with van der Waals surface area (Å²) < 4.78 is 18.9. The fourth-order valence-corrected chi connectivity index (χ4v) is 1.87. The molecule has 4 nitrogen and oxygen atoms in total. The molecule has 0 fully saturated rings. The minimum atomic E-state index is -0.557. The molecule has 0 saturated heterocycles. The van der Waals surface area contributed by atoms with Crippen LogP contribution in [-0.4, -0.2) is 37.4 Å². The number of hydrogen-bond donors (Lipinski definition) is 2. The zero-order valence-corrected chi connectivity index (χ0v) is 11.4. The van der Waals surface area contributed by atoms with Gasteiger partial charge in [-0.25, -0.2) is 4.39 Å². The lowest BCUT2D eigenvalue weighted by atomic mass is 10.2. The molecule has 100 valence electrons. The molecule has 1 aromatic rings. The van der Waals surface area contributed by atoms with Crippen LogP contribution in [0.15, 0.2) is 22.7 Å². The third-order valence-electron chi connectivity index (χ3n) is 2.18. The smallest absolute Gasteiger partial charge is 0.255 e. The van der Waals surface area contributed by atoms with E-state index in [-0.39, 0.29) is 18.8 Å². The number of hydrogen-bond acceptors (Lipinski definition) is 3. The highest BCUT2D eigenvalue weighted by Gasteiger charge is 2.14. The van der Waals surface area contributed by atoms with Crippen molar-refractivity contribution in [3.63, 3.8) is 0 Å². The van der Waals surface area contributed by atoms with Gasteiger partial charge in [-0.15, -0.1) is 0 Å². The zero-order chi connectivity index (χ0) is 13.4. The Hall–Kier alpha value is -0.980. The standard InChI is InChI=1S/C12H15BrFNO3/c13-9-3-1-4-10(14)11(9)12(17)15-5-2-7-18-8-6-16/h1,3-4,16H,2,5-8H2,(H,15,17). The molecule has 1 rings (SSSR count).